The zero-order chi connectivity index (χ0) is 22.1. The molecule has 0 amide bonds. The van der Waals surface area contributed by atoms with E-state index in [0.29, 0.717) is 22.3 Å². The number of phosphoric ester groups is 1. The van der Waals surface area contributed by atoms with Crippen LogP contribution in [0.4, 0.5) is 0 Å². The van der Waals surface area contributed by atoms with Gasteiger partial charge in [0.1, 0.15) is 0 Å². The van der Waals surface area contributed by atoms with E-state index in [0.717, 1.165) is 0 Å². The number of ether oxygens (including phenoxy) is 4. The maximum Gasteiger partial charge on any atom is 0.524 e. The quantitative estimate of drug-likeness (QED) is 0.419. The Kier molecular flexibility index (Phi) is 5.93. The number of phosphoric acid groups is 1. The van der Waals surface area contributed by atoms with Gasteiger partial charge in [0.15, 0.2) is 22.8 Å². The molecule has 0 atom stereocenters. The highest BCUT2D eigenvalue weighted by Gasteiger charge is 2.23. The Morgan fingerprint density at radius 1 is 0.833 bits per heavy atom. The van der Waals surface area contributed by atoms with Crippen molar-refractivity contribution in [3.63, 3.8) is 0 Å². The van der Waals surface area contributed by atoms with Crippen molar-refractivity contribution in [2.24, 2.45) is 0 Å². The highest BCUT2D eigenvalue weighted by Crippen LogP contribution is 2.47. The van der Waals surface area contributed by atoms with Crippen LogP contribution in [0.5, 0.6) is 28.7 Å². The average molecular weight is 438 g/mol. The van der Waals surface area contributed by atoms with Crippen molar-refractivity contribution in [3.8, 4) is 39.9 Å². The van der Waals surface area contributed by atoms with Crippen LogP contribution in [0.1, 0.15) is 0 Å². The molecule has 0 aliphatic heterocycles. The Hall–Kier alpha value is -3.20. The SMILES string of the molecule is COc1ccc(-c2cc(=O)oc3c(OC)c(OC)c(OC)cc23)cc1OP(=O)(O)O. The zero-order valence-corrected chi connectivity index (χ0v) is 17.4. The van der Waals surface area contributed by atoms with Gasteiger partial charge in [-0.15, -0.1) is 0 Å². The van der Waals surface area contributed by atoms with Crippen molar-refractivity contribution in [1.29, 1.82) is 0 Å². The predicted molar refractivity (Wildman–Crippen MR) is 107 cm³/mol. The van der Waals surface area contributed by atoms with Gasteiger partial charge in [0.25, 0.3) is 0 Å². The molecule has 30 heavy (non-hydrogen) atoms. The molecule has 1 heterocycles. The molecule has 2 aromatic carbocycles. The molecule has 0 aliphatic carbocycles. The number of hydrogen-bond acceptors (Lipinski definition) is 8. The maximum absolute atomic E-state index is 12.3. The smallest absolute Gasteiger partial charge is 0.493 e. The summed E-state index contributed by atoms with van der Waals surface area (Å²) < 4.78 is 42.6. The van der Waals surface area contributed by atoms with Crippen molar-refractivity contribution < 1.29 is 42.2 Å². The van der Waals surface area contributed by atoms with Gasteiger partial charge in [-0.1, -0.05) is 6.07 Å². The summed E-state index contributed by atoms with van der Waals surface area (Å²) in [6.07, 6.45) is 0. The van der Waals surface area contributed by atoms with Crippen LogP contribution in [0.3, 0.4) is 0 Å². The standard InChI is InChI=1S/C19H19O10P/c1-24-13-6-5-10(7-14(13)29-30(21,22)23)11-9-16(20)28-17-12(11)8-15(25-2)18(26-3)19(17)27-4/h5-9H,1-4H3,(H2,21,22,23). The summed E-state index contributed by atoms with van der Waals surface area (Å²) in [5.74, 6) is 0.638. The topological polar surface area (TPSA) is 134 Å². The lowest BCUT2D eigenvalue weighted by molar-refractivity contribution is 0.276. The summed E-state index contributed by atoms with van der Waals surface area (Å²) in [5, 5.41) is 0.441. The van der Waals surface area contributed by atoms with E-state index in [4.69, 9.17) is 27.9 Å². The number of hydrogen-bond donors (Lipinski definition) is 2. The summed E-state index contributed by atoms with van der Waals surface area (Å²) in [5.41, 5.74) is 0.243. The lowest BCUT2D eigenvalue weighted by Crippen LogP contribution is -2.02. The fourth-order valence-electron chi connectivity index (χ4n) is 3.04. The van der Waals surface area contributed by atoms with Crippen LogP contribution in [-0.4, -0.2) is 38.2 Å². The molecular weight excluding hydrogens is 419 g/mol. The molecular formula is C19H19O10P. The molecule has 0 bridgehead atoms. The van der Waals surface area contributed by atoms with Gasteiger partial charge < -0.3 is 27.9 Å². The number of benzene rings is 2. The first kappa shape index (κ1) is 21.5. The molecule has 160 valence electrons. The second-order valence-electron chi connectivity index (χ2n) is 5.95. The van der Waals surface area contributed by atoms with E-state index in [1.807, 2.05) is 0 Å². The number of fused-ring (bicyclic) bond motifs is 1. The molecule has 0 aliphatic rings. The van der Waals surface area contributed by atoms with Crippen LogP contribution in [0.25, 0.3) is 22.1 Å². The first-order valence-electron chi connectivity index (χ1n) is 8.42. The monoisotopic (exact) mass is 438 g/mol. The minimum absolute atomic E-state index is 0.103. The molecule has 0 unspecified atom stereocenters. The minimum atomic E-state index is -4.85. The van der Waals surface area contributed by atoms with Gasteiger partial charge in [-0.05, 0) is 23.8 Å². The highest BCUT2D eigenvalue weighted by atomic mass is 31.2. The van der Waals surface area contributed by atoms with Crippen molar-refractivity contribution in [2.45, 2.75) is 0 Å². The largest absolute Gasteiger partial charge is 0.524 e. The molecule has 0 spiro atoms. The van der Waals surface area contributed by atoms with Crippen molar-refractivity contribution in [3.05, 3.63) is 40.8 Å². The van der Waals surface area contributed by atoms with Crippen LogP contribution >= 0.6 is 7.82 Å². The zero-order valence-electron chi connectivity index (χ0n) is 16.5. The number of methoxy groups -OCH3 is 4. The number of rotatable bonds is 7. The van der Waals surface area contributed by atoms with Gasteiger partial charge in [0.2, 0.25) is 11.5 Å². The molecule has 1 aromatic heterocycles. The first-order valence-corrected chi connectivity index (χ1v) is 9.95. The molecule has 3 rings (SSSR count). The Morgan fingerprint density at radius 2 is 1.50 bits per heavy atom. The van der Waals surface area contributed by atoms with Gasteiger partial charge in [-0.2, -0.15) is 0 Å². The van der Waals surface area contributed by atoms with E-state index in [1.54, 1.807) is 12.1 Å². The summed E-state index contributed by atoms with van der Waals surface area (Å²) in [7, 11) is 0.737. The third-order valence-electron chi connectivity index (χ3n) is 4.23. The van der Waals surface area contributed by atoms with Gasteiger partial charge >= 0.3 is 13.4 Å². The minimum Gasteiger partial charge on any atom is -0.493 e. The van der Waals surface area contributed by atoms with Crippen LogP contribution < -0.4 is 29.1 Å². The normalized spacial score (nSPS) is 11.3. The van der Waals surface area contributed by atoms with E-state index in [9.17, 15) is 19.1 Å². The first-order chi connectivity index (χ1) is 14.2. The van der Waals surface area contributed by atoms with E-state index in [1.165, 1.54) is 46.6 Å². The fraction of sp³-hybridized carbons (Fsp3) is 0.211. The van der Waals surface area contributed by atoms with Gasteiger partial charge in [-0.3, -0.25) is 9.79 Å². The lowest BCUT2D eigenvalue weighted by atomic mass is 10.0. The average Bonchev–Trinajstić information content (AvgIpc) is 2.70. The Labute approximate surface area is 170 Å². The summed E-state index contributed by atoms with van der Waals surface area (Å²) in [6.45, 7) is 0. The molecule has 10 nitrogen and oxygen atoms in total. The summed E-state index contributed by atoms with van der Waals surface area (Å²) >= 11 is 0. The Morgan fingerprint density at radius 3 is 2.07 bits per heavy atom. The van der Waals surface area contributed by atoms with E-state index >= 15 is 0 Å². The molecule has 2 N–H and O–H groups in total. The van der Waals surface area contributed by atoms with Crippen LogP contribution in [0, 0.1) is 0 Å². The highest BCUT2D eigenvalue weighted by molar-refractivity contribution is 7.46. The van der Waals surface area contributed by atoms with Crippen molar-refractivity contribution in [2.75, 3.05) is 28.4 Å². The third kappa shape index (κ3) is 4.06. The van der Waals surface area contributed by atoms with E-state index in [2.05, 4.69) is 0 Å². The molecule has 0 fully saturated rings. The van der Waals surface area contributed by atoms with Crippen LogP contribution in [-0.2, 0) is 4.57 Å². The molecule has 0 radical (unpaired) electrons. The van der Waals surface area contributed by atoms with Gasteiger partial charge in [0.05, 0.1) is 28.4 Å². The lowest BCUT2D eigenvalue weighted by Gasteiger charge is -2.16. The molecule has 11 heteroatoms. The van der Waals surface area contributed by atoms with Crippen molar-refractivity contribution >= 4 is 18.8 Å². The van der Waals surface area contributed by atoms with Gasteiger partial charge in [-0.25, -0.2) is 9.36 Å². The predicted octanol–water partition coefficient (Wildman–Crippen LogP) is 2.97. The van der Waals surface area contributed by atoms with Crippen LogP contribution in [0.15, 0.2) is 39.5 Å². The second kappa shape index (κ2) is 8.27. The Balaban J connectivity index is 2.35. The van der Waals surface area contributed by atoms with E-state index in [-0.39, 0.29) is 28.6 Å². The molecule has 3 aromatic rings. The summed E-state index contributed by atoms with van der Waals surface area (Å²) in [4.78, 5) is 30.6. The maximum atomic E-state index is 12.3. The fourth-order valence-corrected chi connectivity index (χ4v) is 3.44. The van der Waals surface area contributed by atoms with E-state index < -0.39 is 13.4 Å². The summed E-state index contributed by atoms with van der Waals surface area (Å²) in [6, 6.07) is 7.23. The molecule has 0 saturated heterocycles. The Bertz CT molecular complexity index is 1190. The second-order valence-corrected chi connectivity index (χ2v) is 7.11. The van der Waals surface area contributed by atoms with Crippen LogP contribution in [0.2, 0.25) is 0 Å². The van der Waals surface area contributed by atoms with Gasteiger partial charge in [0, 0.05) is 17.0 Å². The third-order valence-corrected chi connectivity index (χ3v) is 4.67. The molecule has 0 saturated carbocycles. The van der Waals surface area contributed by atoms with Crippen molar-refractivity contribution in [1.82, 2.24) is 0 Å².